The van der Waals surface area contributed by atoms with Gasteiger partial charge in [-0.15, -0.1) is 0 Å². The average molecular weight is 281 g/mol. The monoisotopic (exact) mass is 280 g/mol. The van der Waals surface area contributed by atoms with Crippen molar-refractivity contribution in [3.63, 3.8) is 0 Å². The molecule has 0 aliphatic carbocycles. The summed E-state index contributed by atoms with van der Waals surface area (Å²) in [5, 5.41) is 2.64. The molecule has 0 saturated carbocycles. The van der Waals surface area contributed by atoms with E-state index in [0.29, 0.717) is 13.2 Å². The molecule has 1 atom stereocenters. The van der Waals surface area contributed by atoms with E-state index >= 15 is 0 Å². The maximum absolute atomic E-state index is 12.6. The molecule has 1 saturated heterocycles. The highest BCUT2D eigenvalue weighted by Crippen LogP contribution is 2.32. The van der Waals surface area contributed by atoms with E-state index in [2.05, 4.69) is 10.3 Å². The van der Waals surface area contributed by atoms with Crippen LogP contribution in [0.3, 0.4) is 0 Å². The van der Waals surface area contributed by atoms with Crippen LogP contribution in [0.2, 0.25) is 5.15 Å². The molecule has 1 aromatic heterocycles. The van der Waals surface area contributed by atoms with E-state index in [9.17, 15) is 13.2 Å². The van der Waals surface area contributed by atoms with Gasteiger partial charge in [-0.25, -0.2) is 4.98 Å². The van der Waals surface area contributed by atoms with Crippen molar-refractivity contribution < 1.29 is 17.9 Å². The van der Waals surface area contributed by atoms with Gasteiger partial charge in [-0.3, -0.25) is 0 Å². The Labute approximate surface area is 107 Å². The van der Waals surface area contributed by atoms with E-state index in [-0.39, 0.29) is 17.1 Å². The SMILES string of the molecule is FC(F)(F)c1cc(Cl)nc(NCC2CCCO2)c1. The lowest BCUT2D eigenvalue weighted by molar-refractivity contribution is -0.137. The van der Waals surface area contributed by atoms with Gasteiger partial charge in [-0.1, -0.05) is 11.6 Å². The van der Waals surface area contributed by atoms with Crippen LogP contribution in [-0.2, 0) is 10.9 Å². The maximum atomic E-state index is 12.6. The number of ether oxygens (including phenoxy) is 1. The van der Waals surface area contributed by atoms with Gasteiger partial charge in [0.15, 0.2) is 0 Å². The van der Waals surface area contributed by atoms with Crippen LogP contribution >= 0.6 is 11.6 Å². The first-order valence-electron chi connectivity index (χ1n) is 5.55. The normalized spacial score (nSPS) is 20.1. The molecular formula is C11H12ClF3N2O. The third-order valence-electron chi connectivity index (χ3n) is 2.66. The Hall–Kier alpha value is -1.01. The zero-order chi connectivity index (χ0) is 13.2. The van der Waals surface area contributed by atoms with Crippen LogP contribution in [-0.4, -0.2) is 24.2 Å². The summed E-state index contributed by atoms with van der Waals surface area (Å²) in [6.07, 6.45) is -2.52. The number of aromatic nitrogens is 1. The quantitative estimate of drug-likeness (QED) is 0.862. The van der Waals surface area contributed by atoms with Crippen LogP contribution < -0.4 is 5.32 Å². The van der Waals surface area contributed by atoms with E-state index in [0.717, 1.165) is 25.0 Å². The highest BCUT2D eigenvalue weighted by Gasteiger charge is 2.31. The van der Waals surface area contributed by atoms with E-state index < -0.39 is 11.7 Å². The summed E-state index contributed by atoms with van der Waals surface area (Å²) in [5.41, 5.74) is -0.808. The second-order valence-corrected chi connectivity index (χ2v) is 4.46. The molecule has 0 bridgehead atoms. The molecule has 0 radical (unpaired) electrons. The lowest BCUT2D eigenvalue weighted by atomic mass is 10.2. The van der Waals surface area contributed by atoms with Gasteiger partial charge in [-0.05, 0) is 25.0 Å². The standard InChI is InChI=1S/C11H12ClF3N2O/c12-9-4-7(11(13,14)15)5-10(17-9)16-6-8-2-1-3-18-8/h4-5,8H,1-3,6H2,(H,16,17). The summed E-state index contributed by atoms with van der Waals surface area (Å²) in [4.78, 5) is 3.81. The Kier molecular flexibility index (Phi) is 3.97. The highest BCUT2D eigenvalue weighted by atomic mass is 35.5. The van der Waals surface area contributed by atoms with Gasteiger partial charge in [0.2, 0.25) is 0 Å². The molecule has 1 aromatic rings. The van der Waals surface area contributed by atoms with Crippen molar-refractivity contribution in [2.24, 2.45) is 0 Å². The molecule has 3 nitrogen and oxygen atoms in total. The van der Waals surface area contributed by atoms with Crippen LogP contribution in [0.5, 0.6) is 0 Å². The van der Waals surface area contributed by atoms with Crippen LogP contribution in [0.25, 0.3) is 0 Å². The number of anilines is 1. The number of rotatable bonds is 3. The molecule has 1 N–H and O–H groups in total. The third-order valence-corrected chi connectivity index (χ3v) is 2.85. The highest BCUT2D eigenvalue weighted by molar-refractivity contribution is 6.29. The molecule has 0 amide bonds. The van der Waals surface area contributed by atoms with Crippen molar-refractivity contribution in [2.45, 2.75) is 25.1 Å². The van der Waals surface area contributed by atoms with Gasteiger partial charge in [0.05, 0.1) is 11.7 Å². The Balaban J connectivity index is 2.05. The molecule has 100 valence electrons. The first-order chi connectivity index (χ1) is 8.45. The first kappa shape index (κ1) is 13.4. The number of halogens is 4. The van der Waals surface area contributed by atoms with Crippen molar-refractivity contribution >= 4 is 17.4 Å². The van der Waals surface area contributed by atoms with Gasteiger partial charge < -0.3 is 10.1 Å². The Morgan fingerprint density at radius 3 is 2.83 bits per heavy atom. The minimum absolute atomic E-state index is 0.0279. The van der Waals surface area contributed by atoms with Crippen molar-refractivity contribution in [3.8, 4) is 0 Å². The summed E-state index contributed by atoms with van der Waals surface area (Å²) in [5.74, 6) is 0.116. The fourth-order valence-corrected chi connectivity index (χ4v) is 1.98. The Morgan fingerprint density at radius 2 is 2.22 bits per heavy atom. The predicted molar refractivity (Wildman–Crippen MR) is 61.7 cm³/mol. The molecule has 1 aliphatic heterocycles. The van der Waals surface area contributed by atoms with Crippen LogP contribution in [0.15, 0.2) is 12.1 Å². The van der Waals surface area contributed by atoms with E-state index in [1.165, 1.54) is 0 Å². The third kappa shape index (κ3) is 3.49. The van der Waals surface area contributed by atoms with Crippen molar-refractivity contribution in [3.05, 3.63) is 22.8 Å². The number of hydrogen-bond donors (Lipinski definition) is 1. The molecule has 2 heterocycles. The van der Waals surface area contributed by atoms with Crippen LogP contribution in [0, 0.1) is 0 Å². The summed E-state index contributed by atoms with van der Waals surface area (Å²) >= 11 is 5.57. The number of nitrogens with zero attached hydrogens (tertiary/aromatic N) is 1. The molecule has 1 aliphatic rings. The van der Waals surface area contributed by atoms with Gasteiger partial charge in [0.1, 0.15) is 11.0 Å². The number of nitrogens with one attached hydrogen (secondary N) is 1. The molecule has 2 rings (SSSR count). The molecule has 0 aromatic carbocycles. The fourth-order valence-electron chi connectivity index (χ4n) is 1.77. The summed E-state index contributed by atoms with van der Waals surface area (Å²) in [6.45, 7) is 1.13. The van der Waals surface area contributed by atoms with Crippen molar-refractivity contribution in [1.82, 2.24) is 4.98 Å². The number of hydrogen-bond acceptors (Lipinski definition) is 3. The van der Waals surface area contributed by atoms with Crippen LogP contribution in [0.4, 0.5) is 19.0 Å². The fraction of sp³-hybridized carbons (Fsp3) is 0.545. The minimum atomic E-state index is -4.42. The summed E-state index contributed by atoms with van der Waals surface area (Å²) in [6, 6.07) is 1.75. The van der Waals surface area contributed by atoms with Gasteiger partial charge in [-0.2, -0.15) is 13.2 Å². The molecule has 1 unspecified atom stereocenters. The smallest absolute Gasteiger partial charge is 0.376 e. The predicted octanol–water partition coefficient (Wildman–Crippen LogP) is 3.34. The lowest BCUT2D eigenvalue weighted by Crippen LogP contribution is -2.19. The van der Waals surface area contributed by atoms with Crippen LogP contribution in [0.1, 0.15) is 18.4 Å². The molecule has 18 heavy (non-hydrogen) atoms. The largest absolute Gasteiger partial charge is 0.416 e. The zero-order valence-corrected chi connectivity index (χ0v) is 10.2. The second-order valence-electron chi connectivity index (χ2n) is 4.08. The van der Waals surface area contributed by atoms with Gasteiger partial charge in [0, 0.05) is 13.2 Å². The topological polar surface area (TPSA) is 34.2 Å². The lowest BCUT2D eigenvalue weighted by Gasteiger charge is -2.13. The van der Waals surface area contributed by atoms with Gasteiger partial charge in [0.25, 0.3) is 0 Å². The van der Waals surface area contributed by atoms with E-state index in [4.69, 9.17) is 16.3 Å². The number of pyridine rings is 1. The zero-order valence-electron chi connectivity index (χ0n) is 9.43. The first-order valence-corrected chi connectivity index (χ1v) is 5.93. The Bertz CT molecular complexity index is 419. The Morgan fingerprint density at radius 1 is 1.44 bits per heavy atom. The summed E-state index contributed by atoms with van der Waals surface area (Å²) < 4.78 is 43.0. The van der Waals surface area contributed by atoms with E-state index in [1.54, 1.807) is 0 Å². The molecule has 7 heteroatoms. The van der Waals surface area contributed by atoms with E-state index in [1.807, 2.05) is 0 Å². The minimum Gasteiger partial charge on any atom is -0.376 e. The number of alkyl halides is 3. The molecule has 1 fully saturated rings. The molecule has 0 spiro atoms. The molecular weight excluding hydrogens is 269 g/mol. The summed E-state index contributed by atoms with van der Waals surface area (Å²) in [7, 11) is 0. The average Bonchev–Trinajstić information content (AvgIpc) is 2.77. The van der Waals surface area contributed by atoms with Crippen molar-refractivity contribution in [2.75, 3.05) is 18.5 Å². The second kappa shape index (κ2) is 5.32. The van der Waals surface area contributed by atoms with Crippen molar-refractivity contribution in [1.29, 1.82) is 0 Å². The maximum Gasteiger partial charge on any atom is 0.416 e. The van der Waals surface area contributed by atoms with Gasteiger partial charge >= 0.3 is 6.18 Å².